The molecular weight excluding hydrogens is 244 g/mol. The molecule has 2 heteroatoms. The molecule has 0 saturated carbocycles. The van der Waals surface area contributed by atoms with Crippen molar-refractivity contribution in [2.45, 2.75) is 47.1 Å². The maximum absolute atomic E-state index is 3.50. The molecule has 0 aliphatic carbocycles. The van der Waals surface area contributed by atoms with Crippen LogP contribution in [-0.4, -0.2) is 31.6 Å². The highest BCUT2D eigenvalue weighted by Crippen LogP contribution is 2.20. The lowest BCUT2D eigenvalue weighted by atomic mass is 9.98. The van der Waals surface area contributed by atoms with Gasteiger partial charge in [-0.2, -0.15) is 0 Å². The maximum Gasteiger partial charge on any atom is 0.0449 e. The highest BCUT2D eigenvalue weighted by Gasteiger charge is 2.16. The van der Waals surface area contributed by atoms with E-state index >= 15 is 0 Å². The van der Waals surface area contributed by atoms with E-state index in [1.807, 2.05) is 0 Å². The quantitative estimate of drug-likeness (QED) is 0.774. The maximum atomic E-state index is 3.50. The van der Waals surface area contributed by atoms with Gasteiger partial charge in [-0.15, -0.1) is 0 Å². The third kappa shape index (κ3) is 4.92. The lowest BCUT2D eigenvalue weighted by molar-refractivity contribution is 0.223. The molecule has 1 aromatic rings. The summed E-state index contributed by atoms with van der Waals surface area (Å²) in [4.78, 5) is 2.57. The topological polar surface area (TPSA) is 15.3 Å². The van der Waals surface area contributed by atoms with Crippen molar-refractivity contribution in [3.8, 4) is 0 Å². The molecule has 0 fully saturated rings. The SMILES string of the molecule is CCC(C)CN(CC)CC(NC)c1cc(C)ccc1C. The zero-order valence-corrected chi connectivity index (χ0v) is 14.2. The van der Waals surface area contributed by atoms with Crippen molar-refractivity contribution in [3.05, 3.63) is 34.9 Å². The Morgan fingerprint density at radius 3 is 2.40 bits per heavy atom. The Bertz CT molecular complexity index is 400. The number of hydrogen-bond acceptors (Lipinski definition) is 2. The van der Waals surface area contributed by atoms with E-state index in [0.29, 0.717) is 6.04 Å². The summed E-state index contributed by atoms with van der Waals surface area (Å²) in [7, 11) is 2.07. The molecule has 0 saturated heterocycles. The molecule has 0 bridgehead atoms. The molecule has 2 atom stereocenters. The molecule has 0 aromatic heterocycles. The first-order valence-corrected chi connectivity index (χ1v) is 7.98. The second kappa shape index (κ2) is 8.43. The standard InChI is InChI=1S/C18H32N2/c1-7-14(3)12-20(8-2)13-18(19-6)17-11-15(4)9-10-16(17)5/h9-11,14,18-19H,7-8,12-13H2,1-6H3. The van der Waals surface area contributed by atoms with Crippen LogP contribution in [0, 0.1) is 19.8 Å². The summed E-state index contributed by atoms with van der Waals surface area (Å²) < 4.78 is 0. The van der Waals surface area contributed by atoms with Gasteiger partial charge in [0.1, 0.15) is 0 Å². The number of aryl methyl sites for hydroxylation is 2. The van der Waals surface area contributed by atoms with Crippen LogP contribution in [0.3, 0.4) is 0 Å². The minimum absolute atomic E-state index is 0.416. The van der Waals surface area contributed by atoms with Crippen LogP contribution >= 0.6 is 0 Å². The van der Waals surface area contributed by atoms with Gasteiger partial charge in [0.05, 0.1) is 0 Å². The molecule has 2 nitrogen and oxygen atoms in total. The Kier molecular flexibility index (Phi) is 7.25. The minimum atomic E-state index is 0.416. The predicted molar refractivity (Wildman–Crippen MR) is 89.3 cm³/mol. The number of benzene rings is 1. The second-order valence-corrected chi connectivity index (χ2v) is 6.07. The van der Waals surface area contributed by atoms with E-state index in [0.717, 1.165) is 19.0 Å². The average molecular weight is 276 g/mol. The van der Waals surface area contributed by atoms with Crippen molar-refractivity contribution in [1.82, 2.24) is 10.2 Å². The Hall–Kier alpha value is -0.860. The van der Waals surface area contributed by atoms with E-state index in [9.17, 15) is 0 Å². The van der Waals surface area contributed by atoms with Crippen molar-refractivity contribution in [2.24, 2.45) is 5.92 Å². The molecule has 0 amide bonds. The smallest absolute Gasteiger partial charge is 0.0449 e. The van der Waals surface area contributed by atoms with Gasteiger partial charge in [0.25, 0.3) is 0 Å². The van der Waals surface area contributed by atoms with Crippen molar-refractivity contribution in [3.63, 3.8) is 0 Å². The molecule has 1 N–H and O–H groups in total. The first-order chi connectivity index (χ1) is 9.51. The molecule has 0 aliphatic heterocycles. The normalized spacial score (nSPS) is 14.6. The molecule has 0 spiro atoms. The number of rotatable bonds is 8. The monoisotopic (exact) mass is 276 g/mol. The van der Waals surface area contributed by atoms with E-state index < -0.39 is 0 Å². The van der Waals surface area contributed by atoms with Crippen LogP contribution in [0.4, 0.5) is 0 Å². The van der Waals surface area contributed by atoms with Crippen molar-refractivity contribution in [1.29, 1.82) is 0 Å². The van der Waals surface area contributed by atoms with Crippen LogP contribution in [0.2, 0.25) is 0 Å². The van der Waals surface area contributed by atoms with Gasteiger partial charge in [0.2, 0.25) is 0 Å². The summed E-state index contributed by atoms with van der Waals surface area (Å²) in [5.74, 6) is 0.770. The lowest BCUT2D eigenvalue weighted by Crippen LogP contribution is -2.36. The van der Waals surface area contributed by atoms with E-state index in [1.165, 1.54) is 29.7 Å². The predicted octanol–water partition coefficient (Wildman–Crippen LogP) is 3.93. The third-order valence-electron chi connectivity index (χ3n) is 4.31. The van der Waals surface area contributed by atoms with Crippen molar-refractivity contribution >= 4 is 0 Å². The van der Waals surface area contributed by atoms with Gasteiger partial charge in [-0.3, -0.25) is 0 Å². The summed E-state index contributed by atoms with van der Waals surface area (Å²) in [5, 5.41) is 3.50. The van der Waals surface area contributed by atoms with Crippen LogP contribution < -0.4 is 5.32 Å². The van der Waals surface area contributed by atoms with Crippen LogP contribution in [-0.2, 0) is 0 Å². The number of nitrogens with one attached hydrogen (secondary N) is 1. The van der Waals surface area contributed by atoms with Gasteiger partial charge in [-0.1, -0.05) is 51.0 Å². The van der Waals surface area contributed by atoms with E-state index in [1.54, 1.807) is 0 Å². The van der Waals surface area contributed by atoms with Gasteiger partial charge in [-0.25, -0.2) is 0 Å². The largest absolute Gasteiger partial charge is 0.312 e. The summed E-state index contributed by atoms with van der Waals surface area (Å²) in [6.45, 7) is 14.7. The Morgan fingerprint density at radius 2 is 1.85 bits per heavy atom. The molecule has 20 heavy (non-hydrogen) atoms. The Labute approximate surface area is 125 Å². The van der Waals surface area contributed by atoms with Gasteiger partial charge < -0.3 is 10.2 Å². The number of likely N-dealkylation sites (N-methyl/N-ethyl adjacent to an activating group) is 2. The van der Waals surface area contributed by atoms with Crippen molar-refractivity contribution in [2.75, 3.05) is 26.7 Å². The summed E-state index contributed by atoms with van der Waals surface area (Å²) in [5.41, 5.74) is 4.17. The average Bonchev–Trinajstić information content (AvgIpc) is 2.45. The molecule has 1 aromatic carbocycles. The number of nitrogens with zero attached hydrogens (tertiary/aromatic N) is 1. The molecule has 0 radical (unpaired) electrons. The fraction of sp³-hybridized carbons (Fsp3) is 0.667. The molecule has 114 valence electrons. The van der Waals surface area contributed by atoms with Gasteiger partial charge in [-0.05, 0) is 44.5 Å². The third-order valence-corrected chi connectivity index (χ3v) is 4.31. The molecule has 1 rings (SSSR count). The summed E-state index contributed by atoms with van der Waals surface area (Å²) >= 11 is 0. The zero-order chi connectivity index (χ0) is 15.1. The molecule has 0 aliphatic rings. The lowest BCUT2D eigenvalue weighted by Gasteiger charge is -2.29. The first kappa shape index (κ1) is 17.2. The minimum Gasteiger partial charge on any atom is -0.312 e. The van der Waals surface area contributed by atoms with E-state index in [2.05, 4.69) is 70.1 Å². The fourth-order valence-electron chi connectivity index (χ4n) is 2.64. The Balaban J connectivity index is 2.81. The molecular formula is C18H32N2. The van der Waals surface area contributed by atoms with Gasteiger partial charge in [0.15, 0.2) is 0 Å². The van der Waals surface area contributed by atoms with Crippen LogP contribution in [0.25, 0.3) is 0 Å². The highest BCUT2D eigenvalue weighted by molar-refractivity contribution is 5.33. The number of hydrogen-bond donors (Lipinski definition) is 1. The van der Waals surface area contributed by atoms with E-state index in [4.69, 9.17) is 0 Å². The second-order valence-electron chi connectivity index (χ2n) is 6.07. The van der Waals surface area contributed by atoms with Crippen LogP contribution in [0.1, 0.15) is 49.9 Å². The van der Waals surface area contributed by atoms with Crippen molar-refractivity contribution < 1.29 is 0 Å². The molecule has 2 unspecified atom stereocenters. The fourth-order valence-corrected chi connectivity index (χ4v) is 2.64. The summed E-state index contributed by atoms with van der Waals surface area (Å²) in [6, 6.07) is 7.18. The highest BCUT2D eigenvalue weighted by atomic mass is 15.1. The zero-order valence-electron chi connectivity index (χ0n) is 14.2. The van der Waals surface area contributed by atoms with Crippen LogP contribution in [0.15, 0.2) is 18.2 Å². The summed E-state index contributed by atoms with van der Waals surface area (Å²) in [6.07, 6.45) is 1.25. The molecule has 0 heterocycles. The van der Waals surface area contributed by atoms with Gasteiger partial charge in [0, 0.05) is 19.1 Å². The first-order valence-electron chi connectivity index (χ1n) is 7.98. The van der Waals surface area contributed by atoms with Gasteiger partial charge >= 0.3 is 0 Å². The van der Waals surface area contributed by atoms with E-state index in [-0.39, 0.29) is 0 Å². The Morgan fingerprint density at radius 1 is 1.15 bits per heavy atom. The van der Waals surface area contributed by atoms with Crippen LogP contribution in [0.5, 0.6) is 0 Å².